The highest BCUT2D eigenvalue weighted by Gasteiger charge is 2.32. The van der Waals surface area contributed by atoms with Crippen molar-refractivity contribution in [2.75, 3.05) is 6.54 Å². The van der Waals surface area contributed by atoms with Crippen molar-refractivity contribution in [2.45, 2.75) is 64.7 Å². The SMILES string of the molecule is CC(C)N1CCCC(N)C1c1cnn(C(C)C)c1. The first-order chi connectivity index (χ1) is 8.50. The van der Waals surface area contributed by atoms with Gasteiger partial charge in [0.05, 0.1) is 12.2 Å². The topological polar surface area (TPSA) is 47.1 Å². The van der Waals surface area contributed by atoms with Crippen LogP contribution in [0.1, 0.15) is 58.2 Å². The highest BCUT2D eigenvalue weighted by atomic mass is 15.3. The van der Waals surface area contributed by atoms with Crippen molar-refractivity contribution in [1.82, 2.24) is 14.7 Å². The number of likely N-dealkylation sites (tertiary alicyclic amines) is 1. The van der Waals surface area contributed by atoms with E-state index in [4.69, 9.17) is 5.73 Å². The second-order valence-corrected chi connectivity index (χ2v) is 5.93. The molecule has 4 nitrogen and oxygen atoms in total. The van der Waals surface area contributed by atoms with Gasteiger partial charge in [0.25, 0.3) is 0 Å². The molecule has 0 spiro atoms. The van der Waals surface area contributed by atoms with Crippen LogP contribution in [0, 0.1) is 0 Å². The molecule has 1 saturated heterocycles. The van der Waals surface area contributed by atoms with Crippen LogP contribution in [0.3, 0.4) is 0 Å². The van der Waals surface area contributed by atoms with Crippen LogP contribution < -0.4 is 5.73 Å². The van der Waals surface area contributed by atoms with Crippen LogP contribution in [0.2, 0.25) is 0 Å². The molecule has 1 aliphatic heterocycles. The number of hydrogen-bond donors (Lipinski definition) is 1. The minimum Gasteiger partial charge on any atom is -0.326 e. The van der Waals surface area contributed by atoms with E-state index in [1.54, 1.807) is 0 Å². The van der Waals surface area contributed by atoms with Crippen molar-refractivity contribution in [3.05, 3.63) is 18.0 Å². The van der Waals surface area contributed by atoms with E-state index in [1.807, 2.05) is 10.9 Å². The monoisotopic (exact) mass is 250 g/mol. The van der Waals surface area contributed by atoms with E-state index in [0.29, 0.717) is 18.1 Å². The molecule has 102 valence electrons. The van der Waals surface area contributed by atoms with Gasteiger partial charge < -0.3 is 5.73 Å². The third kappa shape index (κ3) is 2.59. The standard InChI is InChI=1S/C14H26N4/c1-10(2)17-7-5-6-13(15)14(17)12-8-16-18(9-12)11(3)4/h8-11,13-14H,5-7,15H2,1-4H3. The summed E-state index contributed by atoms with van der Waals surface area (Å²) in [4.78, 5) is 2.51. The number of nitrogens with zero attached hydrogens (tertiary/aromatic N) is 3. The summed E-state index contributed by atoms with van der Waals surface area (Å²) in [5.41, 5.74) is 7.61. The molecule has 18 heavy (non-hydrogen) atoms. The van der Waals surface area contributed by atoms with Crippen molar-refractivity contribution in [3.63, 3.8) is 0 Å². The van der Waals surface area contributed by atoms with E-state index in [9.17, 15) is 0 Å². The lowest BCUT2D eigenvalue weighted by Gasteiger charge is -2.41. The zero-order valence-corrected chi connectivity index (χ0v) is 12.0. The van der Waals surface area contributed by atoms with Gasteiger partial charge in [0.1, 0.15) is 0 Å². The largest absolute Gasteiger partial charge is 0.326 e. The van der Waals surface area contributed by atoms with Crippen LogP contribution in [-0.4, -0.2) is 33.3 Å². The Morgan fingerprint density at radius 1 is 1.28 bits per heavy atom. The fourth-order valence-corrected chi connectivity index (χ4v) is 2.86. The summed E-state index contributed by atoms with van der Waals surface area (Å²) in [6, 6.07) is 1.49. The molecule has 0 aromatic carbocycles. The van der Waals surface area contributed by atoms with Gasteiger partial charge in [-0.1, -0.05) is 0 Å². The van der Waals surface area contributed by atoms with Gasteiger partial charge in [-0.15, -0.1) is 0 Å². The Kier molecular flexibility index (Phi) is 4.07. The first kappa shape index (κ1) is 13.6. The molecule has 1 aromatic heterocycles. The third-order valence-electron chi connectivity index (χ3n) is 3.87. The molecule has 2 atom stereocenters. The first-order valence-corrected chi connectivity index (χ1v) is 7.06. The maximum atomic E-state index is 6.35. The lowest BCUT2D eigenvalue weighted by molar-refractivity contribution is 0.0946. The molecular weight excluding hydrogens is 224 g/mol. The van der Waals surface area contributed by atoms with Crippen molar-refractivity contribution >= 4 is 0 Å². The number of nitrogens with two attached hydrogens (primary N) is 1. The van der Waals surface area contributed by atoms with E-state index < -0.39 is 0 Å². The van der Waals surface area contributed by atoms with E-state index in [2.05, 4.69) is 43.9 Å². The van der Waals surface area contributed by atoms with Crippen molar-refractivity contribution < 1.29 is 0 Å². The van der Waals surface area contributed by atoms with E-state index >= 15 is 0 Å². The molecule has 1 fully saturated rings. The van der Waals surface area contributed by atoms with E-state index in [-0.39, 0.29) is 6.04 Å². The summed E-state index contributed by atoms with van der Waals surface area (Å²) in [6.45, 7) is 9.94. The normalized spacial score (nSPS) is 26.2. The van der Waals surface area contributed by atoms with Crippen molar-refractivity contribution in [1.29, 1.82) is 0 Å². The van der Waals surface area contributed by atoms with Crippen molar-refractivity contribution in [3.8, 4) is 0 Å². The smallest absolute Gasteiger partial charge is 0.0538 e. The van der Waals surface area contributed by atoms with Crippen molar-refractivity contribution in [2.24, 2.45) is 5.73 Å². The molecule has 2 heterocycles. The van der Waals surface area contributed by atoms with Gasteiger partial charge in [-0.25, -0.2) is 0 Å². The molecule has 2 N–H and O–H groups in total. The van der Waals surface area contributed by atoms with Crippen LogP contribution >= 0.6 is 0 Å². The molecule has 2 unspecified atom stereocenters. The Hall–Kier alpha value is -0.870. The Balaban J connectivity index is 2.25. The average Bonchev–Trinajstić information content (AvgIpc) is 2.77. The second-order valence-electron chi connectivity index (χ2n) is 5.93. The molecule has 0 radical (unpaired) electrons. The molecular formula is C14H26N4. The lowest BCUT2D eigenvalue weighted by Crippen LogP contribution is -2.48. The molecule has 0 aliphatic carbocycles. The van der Waals surface area contributed by atoms with Gasteiger partial charge in [0.15, 0.2) is 0 Å². The lowest BCUT2D eigenvalue weighted by atomic mass is 9.91. The molecule has 1 aromatic rings. The quantitative estimate of drug-likeness (QED) is 0.895. The Labute approximate surface area is 110 Å². The van der Waals surface area contributed by atoms with Gasteiger partial charge >= 0.3 is 0 Å². The summed E-state index contributed by atoms with van der Waals surface area (Å²) in [5.74, 6) is 0. The van der Waals surface area contributed by atoms with E-state index in [0.717, 1.165) is 13.0 Å². The van der Waals surface area contributed by atoms with Crippen LogP contribution in [0.5, 0.6) is 0 Å². The average molecular weight is 250 g/mol. The molecule has 4 heteroatoms. The Morgan fingerprint density at radius 3 is 2.56 bits per heavy atom. The summed E-state index contributed by atoms with van der Waals surface area (Å²) < 4.78 is 2.02. The van der Waals surface area contributed by atoms with E-state index in [1.165, 1.54) is 12.0 Å². The van der Waals surface area contributed by atoms with Gasteiger partial charge in [-0.3, -0.25) is 9.58 Å². The number of aromatic nitrogens is 2. The highest BCUT2D eigenvalue weighted by molar-refractivity contribution is 5.15. The molecule has 2 rings (SSSR count). The molecule has 0 bridgehead atoms. The maximum absolute atomic E-state index is 6.35. The third-order valence-corrected chi connectivity index (χ3v) is 3.87. The summed E-state index contributed by atoms with van der Waals surface area (Å²) in [5, 5.41) is 4.45. The number of piperidine rings is 1. The Morgan fingerprint density at radius 2 is 2.00 bits per heavy atom. The summed E-state index contributed by atoms with van der Waals surface area (Å²) in [7, 11) is 0. The fraction of sp³-hybridized carbons (Fsp3) is 0.786. The number of hydrogen-bond acceptors (Lipinski definition) is 3. The minimum absolute atomic E-state index is 0.228. The predicted molar refractivity (Wildman–Crippen MR) is 74.4 cm³/mol. The summed E-state index contributed by atoms with van der Waals surface area (Å²) >= 11 is 0. The van der Waals surface area contributed by atoms with Crippen LogP contribution in [0.15, 0.2) is 12.4 Å². The van der Waals surface area contributed by atoms with Gasteiger partial charge in [0.2, 0.25) is 0 Å². The van der Waals surface area contributed by atoms with Crippen LogP contribution in [0.4, 0.5) is 0 Å². The zero-order chi connectivity index (χ0) is 13.3. The minimum atomic E-state index is 0.228. The van der Waals surface area contributed by atoms with Gasteiger partial charge in [-0.2, -0.15) is 5.10 Å². The van der Waals surface area contributed by atoms with Gasteiger partial charge in [0, 0.05) is 29.9 Å². The predicted octanol–water partition coefficient (Wildman–Crippen LogP) is 2.34. The molecule has 1 aliphatic rings. The fourth-order valence-electron chi connectivity index (χ4n) is 2.86. The first-order valence-electron chi connectivity index (χ1n) is 7.06. The van der Waals surface area contributed by atoms with Gasteiger partial charge in [-0.05, 0) is 47.1 Å². The maximum Gasteiger partial charge on any atom is 0.0538 e. The zero-order valence-electron chi connectivity index (χ0n) is 12.0. The Bertz CT molecular complexity index is 383. The second kappa shape index (κ2) is 5.41. The van der Waals surface area contributed by atoms with Crippen LogP contribution in [-0.2, 0) is 0 Å². The molecule has 0 saturated carbocycles. The summed E-state index contributed by atoms with van der Waals surface area (Å²) in [6.07, 6.45) is 6.47. The van der Waals surface area contributed by atoms with Crippen LogP contribution in [0.25, 0.3) is 0 Å². The molecule has 0 amide bonds. The highest BCUT2D eigenvalue weighted by Crippen LogP contribution is 2.31. The number of rotatable bonds is 3.